The molecule has 0 fully saturated rings. The van der Waals surface area contributed by atoms with Crippen LogP contribution in [-0.4, -0.2) is 19.9 Å². The molecule has 0 bridgehead atoms. The minimum absolute atomic E-state index is 0.611. The molecule has 0 aliphatic rings. The molecule has 0 saturated heterocycles. The molecule has 8 aromatic carbocycles. The Morgan fingerprint density at radius 2 is 1.04 bits per heavy atom. The number of hydrogen-bond donors (Lipinski definition) is 0. The van der Waals surface area contributed by atoms with Crippen molar-refractivity contribution in [2.45, 2.75) is 0 Å². The van der Waals surface area contributed by atoms with E-state index in [0.717, 1.165) is 76.7 Å². The Kier molecular flexibility index (Phi) is 6.48. The van der Waals surface area contributed by atoms with Gasteiger partial charge >= 0.3 is 0 Å². The van der Waals surface area contributed by atoms with Crippen LogP contribution in [0.25, 0.3) is 110 Å². The third-order valence-corrected chi connectivity index (χ3v) is 10.4. The summed E-state index contributed by atoms with van der Waals surface area (Å²) in [5.41, 5.74) is 6.70. The average molecular weight is 677 g/mol. The van der Waals surface area contributed by atoms with Crippen LogP contribution in [0.5, 0.6) is 0 Å². The Balaban J connectivity index is 1.15. The van der Waals surface area contributed by atoms with E-state index in [1.165, 1.54) is 16.2 Å². The lowest BCUT2D eigenvalue weighted by Gasteiger charge is -2.13. The van der Waals surface area contributed by atoms with E-state index in [-0.39, 0.29) is 0 Å². The van der Waals surface area contributed by atoms with Crippen molar-refractivity contribution in [3.05, 3.63) is 170 Å². The van der Waals surface area contributed by atoms with E-state index in [1.807, 2.05) is 60.9 Å². The van der Waals surface area contributed by atoms with Crippen molar-refractivity contribution in [1.29, 1.82) is 0 Å². The van der Waals surface area contributed by atoms with Gasteiger partial charge in [-0.2, -0.15) is 0 Å². The maximum atomic E-state index is 6.31. The summed E-state index contributed by atoms with van der Waals surface area (Å²) in [7, 11) is 0. The van der Waals surface area contributed by atoms with Crippen molar-refractivity contribution < 1.29 is 4.42 Å². The predicted molar refractivity (Wildman–Crippen MR) is 217 cm³/mol. The van der Waals surface area contributed by atoms with Crippen molar-refractivity contribution in [3.63, 3.8) is 0 Å². The van der Waals surface area contributed by atoms with E-state index in [4.69, 9.17) is 19.4 Å². The minimum Gasteiger partial charge on any atom is -0.456 e. The second-order valence-corrected chi connectivity index (χ2v) is 13.5. The van der Waals surface area contributed by atoms with Gasteiger partial charge in [0.1, 0.15) is 11.2 Å². The van der Waals surface area contributed by atoms with Crippen molar-refractivity contribution in [3.8, 4) is 45.3 Å². The summed E-state index contributed by atoms with van der Waals surface area (Å²) < 4.78 is 6.31. The largest absolute Gasteiger partial charge is 0.456 e. The molecule has 0 aliphatic heterocycles. The number of pyridine rings is 1. The van der Waals surface area contributed by atoms with E-state index >= 15 is 0 Å². The molecule has 3 heterocycles. The molecule has 0 saturated carbocycles. The highest BCUT2D eigenvalue weighted by molar-refractivity contribution is 6.18. The van der Waals surface area contributed by atoms with Gasteiger partial charge in [0.05, 0.1) is 0 Å². The summed E-state index contributed by atoms with van der Waals surface area (Å²) in [5, 5.41) is 11.4. The third-order valence-electron chi connectivity index (χ3n) is 10.4. The van der Waals surface area contributed by atoms with Gasteiger partial charge in [-0.15, -0.1) is 0 Å². The van der Waals surface area contributed by atoms with Gasteiger partial charge in [-0.05, 0) is 85.2 Å². The quantitative estimate of drug-likeness (QED) is 0.174. The Bertz CT molecular complexity index is 3240. The summed E-state index contributed by atoms with van der Waals surface area (Å²) in [6, 6.07) is 54.9. The fraction of sp³-hybridized carbons (Fsp3) is 0. The zero-order valence-electron chi connectivity index (χ0n) is 28.4. The van der Waals surface area contributed by atoms with E-state index in [2.05, 4.69) is 114 Å². The molecule has 0 N–H and O–H groups in total. The summed E-state index contributed by atoms with van der Waals surface area (Å²) in [4.78, 5) is 19.9. The number of para-hydroxylation sites is 1. The van der Waals surface area contributed by atoms with Crippen molar-refractivity contribution in [2.24, 2.45) is 0 Å². The topological polar surface area (TPSA) is 64.7 Å². The maximum absolute atomic E-state index is 6.31. The maximum Gasteiger partial charge on any atom is 0.164 e. The molecule has 246 valence electrons. The molecule has 0 atom stereocenters. The van der Waals surface area contributed by atoms with E-state index < -0.39 is 0 Å². The zero-order chi connectivity index (χ0) is 34.9. The molecule has 11 rings (SSSR count). The highest BCUT2D eigenvalue weighted by Crippen LogP contribution is 2.41. The highest BCUT2D eigenvalue weighted by atomic mass is 16.3. The number of rotatable bonds is 4. The third kappa shape index (κ3) is 4.79. The van der Waals surface area contributed by atoms with Gasteiger partial charge in [-0.1, -0.05) is 121 Å². The van der Waals surface area contributed by atoms with Gasteiger partial charge in [-0.25, -0.2) is 15.0 Å². The number of aromatic nitrogens is 4. The first-order chi connectivity index (χ1) is 26.2. The standard InChI is InChI=1S/C48H28N4O/c1-2-9-31(10-3-1)46-50-47(33-18-17-29-19-22-37-36(40(29)26-33)21-20-30-23-24-49-28-42(30)37)52-48(51-46)34-25-32-11-4-5-12-35(32)41(27-34)38-14-8-16-44-45(38)39-13-6-7-15-43(39)53-44/h1-28H. The van der Waals surface area contributed by atoms with Crippen LogP contribution in [0.1, 0.15) is 0 Å². The normalized spacial score (nSPS) is 11.8. The Morgan fingerprint density at radius 3 is 1.91 bits per heavy atom. The second kappa shape index (κ2) is 11.7. The molecule has 0 aliphatic carbocycles. The number of hydrogen-bond acceptors (Lipinski definition) is 5. The molecule has 0 unspecified atom stereocenters. The van der Waals surface area contributed by atoms with Crippen LogP contribution in [0.4, 0.5) is 0 Å². The van der Waals surface area contributed by atoms with Crippen LogP contribution < -0.4 is 0 Å². The van der Waals surface area contributed by atoms with Crippen molar-refractivity contribution >= 4 is 65.0 Å². The lowest BCUT2D eigenvalue weighted by molar-refractivity contribution is 0.669. The van der Waals surface area contributed by atoms with Gasteiger partial charge in [0.15, 0.2) is 17.5 Å². The lowest BCUT2D eigenvalue weighted by Crippen LogP contribution is -2.00. The number of nitrogens with zero attached hydrogens (tertiary/aromatic N) is 4. The van der Waals surface area contributed by atoms with Gasteiger partial charge in [0.2, 0.25) is 0 Å². The van der Waals surface area contributed by atoms with Gasteiger partial charge in [-0.3, -0.25) is 4.98 Å². The van der Waals surface area contributed by atoms with E-state index in [0.29, 0.717) is 17.5 Å². The minimum atomic E-state index is 0.611. The molecule has 0 spiro atoms. The zero-order valence-corrected chi connectivity index (χ0v) is 28.4. The smallest absolute Gasteiger partial charge is 0.164 e. The Hall–Kier alpha value is -7.24. The second-order valence-electron chi connectivity index (χ2n) is 13.5. The monoisotopic (exact) mass is 676 g/mol. The van der Waals surface area contributed by atoms with Gasteiger partial charge in [0.25, 0.3) is 0 Å². The van der Waals surface area contributed by atoms with E-state index in [9.17, 15) is 0 Å². The summed E-state index contributed by atoms with van der Waals surface area (Å²) in [5.74, 6) is 1.85. The van der Waals surface area contributed by atoms with Crippen LogP contribution >= 0.6 is 0 Å². The average Bonchev–Trinajstić information content (AvgIpc) is 3.62. The fourth-order valence-corrected chi connectivity index (χ4v) is 7.86. The number of furan rings is 1. The first-order valence-corrected chi connectivity index (χ1v) is 17.7. The molecule has 53 heavy (non-hydrogen) atoms. The van der Waals surface area contributed by atoms with Crippen LogP contribution in [0, 0.1) is 0 Å². The Labute approximate surface area is 303 Å². The molecular formula is C48H28N4O. The SMILES string of the molecule is c1ccc(-c2nc(-c3cc(-c4cccc5oc6ccccc6c45)c4ccccc4c3)nc(-c3ccc4ccc5c6cnccc6ccc5c4c3)n2)cc1. The summed E-state index contributed by atoms with van der Waals surface area (Å²) >= 11 is 0. The van der Waals surface area contributed by atoms with Crippen molar-refractivity contribution in [2.75, 3.05) is 0 Å². The lowest BCUT2D eigenvalue weighted by atomic mass is 9.92. The molecular weight excluding hydrogens is 649 g/mol. The number of benzene rings is 8. The summed E-state index contributed by atoms with van der Waals surface area (Å²) in [6.45, 7) is 0. The molecule has 0 amide bonds. The Morgan fingerprint density at radius 1 is 0.358 bits per heavy atom. The first-order valence-electron chi connectivity index (χ1n) is 17.7. The molecule has 5 nitrogen and oxygen atoms in total. The van der Waals surface area contributed by atoms with E-state index in [1.54, 1.807) is 0 Å². The number of fused-ring (bicyclic) bond motifs is 9. The summed E-state index contributed by atoms with van der Waals surface area (Å²) in [6.07, 6.45) is 3.79. The predicted octanol–water partition coefficient (Wildman–Crippen LogP) is 12.4. The van der Waals surface area contributed by atoms with Gasteiger partial charge in [0, 0.05) is 45.2 Å². The molecule has 5 heteroatoms. The molecule has 11 aromatic rings. The van der Waals surface area contributed by atoms with Gasteiger partial charge < -0.3 is 4.42 Å². The highest BCUT2D eigenvalue weighted by Gasteiger charge is 2.18. The van der Waals surface area contributed by atoms with Crippen LogP contribution in [0.15, 0.2) is 175 Å². The van der Waals surface area contributed by atoms with Crippen LogP contribution in [-0.2, 0) is 0 Å². The van der Waals surface area contributed by atoms with Crippen LogP contribution in [0.3, 0.4) is 0 Å². The fourth-order valence-electron chi connectivity index (χ4n) is 7.86. The van der Waals surface area contributed by atoms with Crippen LogP contribution in [0.2, 0.25) is 0 Å². The first kappa shape index (κ1) is 29.5. The molecule has 3 aromatic heterocycles. The van der Waals surface area contributed by atoms with Crippen molar-refractivity contribution in [1.82, 2.24) is 19.9 Å². The molecule has 0 radical (unpaired) electrons.